The van der Waals surface area contributed by atoms with Gasteiger partial charge in [0.25, 0.3) is 0 Å². The molecular weight excluding hydrogens is 340 g/mol. The summed E-state index contributed by atoms with van der Waals surface area (Å²) in [6, 6.07) is 7.67. The van der Waals surface area contributed by atoms with Crippen LogP contribution in [0.4, 0.5) is 0 Å². The normalized spacial score (nSPS) is 16.1. The van der Waals surface area contributed by atoms with Crippen LogP contribution in [0.25, 0.3) is 0 Å². The van der Waals surface area contributed by atoms with Crippen LogP contribution < -0.4 is 11.1 Å². The van der Waals surface area contributed by atoms with Crippen LogP contribution in [-0.2, 0) is 11.2 Å². The van der Waals surface area contributed by atoms with Gasteiger partial charge in [0.05, 0.1) is 6.42 Å². The average molecular weight is 365 g/mol. The van der Waals surface area contributed by atoms with E-state index in [4.69, 9.17) is 10.3 Å². The van der Waals surface area contributed by atoms with Crippen LogP contribution >= 0.6 is 12.4 Å². The third-order valence-corrected chi connectivity index (χ3v) is 4.48. The molecule has 1 heterocycles. The molecule has 136 valence electrons. The molecular formula is C18H25ClN4O2. The zero-order valence-electron chi connectivity index (χ0n) is 14.4. The molecule has 3 N–H and O–H groups in total. The van der Waals surface area contributed by atoms with E-state index in [0.717, 1.165) is 24.0 Å². The lowest BCUT2D eigenvalue weighted by molar-refractivity contribution is -0.121. The van der Waals surface area contributed by atoms with Crippen LogP contribution in [0.2, 0.25) is 0 Å². The zero-order chi connectivity index (χ0) is 16.9. The predicted molar refractivity (Wildman–Crippen MR) is 97.5 cm³/mol. The molecule has 1 atom stereocenters. The van der Waals surface area contributed by atoms with E-state index in [1.54, 1.807) is 0 Å². The Kier molecular flexibility index (Phi) is 6.96. The average Bonchev–Trinajstić information content (AvgIpc) is 3.04. The van der Waals surface area contributed by atoms with E-state index in [0.29, 0.717) is 11.7 Å². The molecule has 1 unspecified atom stereocenters. The highest BCUT2D eigenvalue weighted by atomic mass is 35.5. The molecule has 1 amide bonds. The quantitative estimate of drug-likeness (QED) is 0.850. The molecule has 0 aliphatic heterocycles. The Hall–Kier alpha value is -1.92. The van der Waals surface area contributed by atoms with Gasteiger partial charge in [-0.15, -0.1) is 12.4 Å². The van der Waals surface area contributed by atoms with Gasteiger partial charge in [0, 0.05) is 6.04 Å². The van der Waals surface area contributed by atoms with E-state index in [1.165, 1.54) is 19.3 Å². The molecule has 1 aromatic heterocycles. The van der Waals surface area contributed by atoms with Crippen LogP contribution in [0.3, 0.4) is 0 Å². The molecule has 0 spiro atoms. The second kappa shape index (κ2) is 8.97. The molecule has 1 aromatic carbocycles. The molecule has 25 heavy (non-hydrogen) atoms. The van der Waals surface area contributed by atoms with Crippen LogP contribution in [0, 0.1) is 6.92 Å². The van der Waals surface area contributed by atoms with E-state index in [1.807, 2.05) is 31.2 Å². The maximum Gasteiger partial charge on any atom is 0.248 e. The van der Waals surface area contributed by atoms with Gasteiger partial charge in [-0.25, -0.2) is 0 Å². The molecule has 1 aliphatic carbocycles. The lowest BCUT2D eigenvalue weighted by Crippen LogP contribution is -2.37. The highest BCUT2D eigenvalue weighted by Crippen LogP contribution is 2.19. The van der Waals surface area contributed by atoms with E-state index in [2.05, 4.69) is 15.5 Å². The number of rotatable bonds is 5. The minimum absolute atomic E-state index is 0. The van der Waals surface area contributed by atoms with Gasteiger partial charge in [0.1, 0.15) is 6.04 Å². The maximum absolute atomic E-state index is 12.1. The van der Waals surface area contributed by atoms with Gasteiger partial charge in [-0.1, -0.05) is 54.2 Å². The summed E-state index contributed by atoms with van der Waals surface area (Å²) < 4.78 is 5.24. The summed E-state index contributed by atoms with van der Waals surface area (Å²) in [6.45, 7) is 2.02. The van der Waals surface area contributed by atoms with Crippen LogP contribution in [0.15, 0.2) is 28.8 Å². The number of nitrogens with zero attached hydrogens (tertiary/aromatic N) is 2. The van der Waals surface area contributed by atoms with Crippen molar-refractivity contribution in [1.29, 1.82) is 0 Å². The van der Waals surface area contributed by atoms with Crippen LogP contribution in [0.1, 0.15) is 61.0 Å². The van der Waals surface area contributed by atoms with Gasteiger partial charge in [-0.2, -0.15) is 4.98 Å². The second-order valence-electron chi connectivity index (χ2n) is 6.52. The van der Waals surface area contributed by atoms with Gasteiger partial charge in [0.15, 0.2) is 5.82 Å². The Morgan fingerprint density at radius 1 is 1.28 bits per heavy atom. The van der Waals surface area contributed by atoms with Crippen molar-refractivity contribution in [1.82, 2.24) is 15.5 Å². The summed E-state index contributed by atoms with van der Waals surface area (Å²) in [5, 5.41) is 6.94. The fraction of sp³-hybridized carbons (Fsp3) is 0.500. The van der Waals surface area contributed by atoms with E-state index >= 15 is 0 Å². The molecule has 7 heteroatoms. The van der Waals surface area contributed by atoms with Crippen molar-refractivity contribution in [3.8, 4) is 0 Å². The number of hydrogen-bond acceptors (Lipinski definition) is 5. The summed E-state index contributed by atoms with van der Waals surface area (Å²) in [5.74, 6) is 0.651. The molecule has 1 aliphatic rings. The number of aryl methyl sites for hydroxylation is 1. The first kappa shape index (κ1) is 19.4. The first-order valence-electron chi connectivity index (χ1n) is 8.56. The van der Waals surface area contributed by atoms with Gasteiger partial charge in [-0.05, 0) is 25.3 Å². The standard InChI is InChI=1S/C18H24N4O2.ClH/c1-12-7-9-13(10-8-12)17(19)18-21-15(22-24-18)11-16(23)20-14-5-3-2-4-6-14;/h7-10,14,17H,2-6,11,19H2,1H3,(H,20,23);1H. The van der Waals surface area contributed by atoms with Gasteiger partial charge in [-0.3, -0.25) is 4.79 Å². The fourth-order valence-corrected chi connectivity index (χ4v) is 3.05. The molecule has 0 bridgehead atoms. The lowest BCUT2D eigenvalue weighted by atomic mass is 9.95. The minimum Gasteiger partial charge on any atom is -0.353 e. The maximum atomic E-state index is 12.1. The molecule has 0 saturated heterocycles. The van der Waals surface area contributed by atoms with Crippen LogP contribution in [0.5, 0.6) is 0 Å². The number of aromatic nitrogens is 2. The van der Waals surface area contributed by atoms with Crippen molar-refractivity contribution in [3.05, 3.63) is 47.1 Å². The molecule has 1 fully saturated rings. The van der Waals surface area contributed by atoms with Crippen molar-refractivity contribution in [3.63, 3.8) is 0 Å². The molecule has 2 aromatic rings. The van der Waals surface area contributed by atoms with Gasteiger partial charge < -0.3 is 15.6 Å². The van der Waals surface area contributed by atoms with Gasteiger partial charge >= 0.3 is 0 Å². The Morgan fingerprint density at radius 3 is 2.64 bits per heavy atom. The Balaban J connectivity index is 0.00000225. The lowest BCUT2D eigenvalue weighted by Gasteiger charge is -2.22. The summed E-state index contributed by atoms with van der Waals surface area (Å²) in [6.07, 6.45) is 5.87. The number of nitrogens with one attached hydrogen (secondary N) is 1. The number of carbonyl (C=O) groups is 1. The molecule has 1 saturated carbocycles. The number of benzene rings is 1. The van der Waals surface area contributed by atoms with Crippen molar-refractivity contribution in [2.75, 3.05) is 0 Å². The topological polar surface area (TPSA) is 94.0 Å². The number of amides is 1. The summed E-state index contributed by atoms with van der Waals surface area (Å²) in [5.41, 5.74) is 8.23. The van der Waals surface area contributed by atoms with E-state index < -0.39 is 6.04 Å². The largest absolute Gasteiger partial charge is 0.353 e. The predicted octanol–water partition coefficient (Wildman–Crippen LogP) is 2.84. The van der Waals surface area contributed by atoms with Crippen LogP contribution in [-0.4, -0.2) is 22.1 Å². The third-order valence-electron chi connectivity index (χ3n) is 4.48. The number of nitrogens with two attached hydrogens (primary N) is 1. The monoisotopic (exact) mass is 364 g/mol. The molecule has 6 nitrogen and oxygen atoms in total. The van der Waals surface area contributed by atoms with Crippen molar-refractivity contribution < 1.29 is 9.32 Å². The van der Waals surface area contributed by atoms with Crippen molar-refractivity contribution in [2.45, 2.75) is 57.5 Å². The fourth-order valence-electron chi connectivity index (χ4n) is 3.05. The summed E-state index contributed by atoms with van der Waals surface area (Å²) in [4.78, 5) is 16.4. The Labute approximate surface area is 154 Å². The van der Waals surface area contributed by atoms with E-state index in [-0.39, 0.29) is 30.8 Å². The van der Waals surface area contributed by atoms with E-state index in [9.17, 15) is 4.79 Å². The SMILES string of the molecule is Cc1ccc(C(N)c2nc(CC(=O)NC3CCCCC3)no2)cc1.Cl. The number of halogens is 1. The third kappa shape index (κ3) is 5.28. The smallest absolute Gasteiger partial charge is 0.248 e. The molecule has 0 radical (unpaired) electrons. The molecule has 3 rings (SSSR count). The van der Waals surface area contributed by atoms with Gasteiger partial charge in [0.2, 0.25) is 11.8 Å². The first-order valence-corrected chi connectivity index (χ1v) is 8.56. The minimum atomic E-state index is -0.478. The highest BCUT2D eigenvalue weighted by molar-refractivity contribution is 5.85. The second-order valence-corrected chi connectivity index (χ2v) is 6.52. The zero-order valence-corrected chi connectivity index (χ0v) is 15.2. The Bertz CT molecular complexity index is 681. The van der Waals surface area contributed by atoms with Crippen molar-refractivity contribution in [2.24, 2.45) is 5.73 Å². The van der Waals surface area contributed by atoms with Crippen molar-refractivity contribution >= 4 is 18.3 Å². The number of carbonyl (C=O) groups excluding carboxylic acids is 1. The summed E-state index contributed by atoms with van der Waals surface area (Å²) in [7, 11) is 0. The summed E-state index contributed by atoms with van der Waals surface area (Å²) >= 11 is 0. The number of hydrogen-bond donors (Lipinski definition) is 2. The first-order chi connectivity index (χ1) is 11.6. The Morgan fingerprint density at radius 2 is 1.96 bits per heavy atom. The highest BCUT2D eigenvalue weighted by Gasteiger charge is 2.20.